The van der Waals surface area contributed by atoms with Crippen molar-refractivity contribution in [3.8, 4) is 0 Å². The second-order valence-electron chi connectivity index (χ2n) is 5.36. The maximum atomic E-state index is 12.0. The highest BCUT2D eigenvalue weighted by molar-refractivity contribution is 5.79. The summed E-state index contributed by atoms with van der Waals surface area (Å²) in [7, 11) is 1.56. The van der Waals surface area contributed by atoms with E-state index in [4.69, 9.17) is 0 Å². The molecule has 20 heavy (non-hydrogen) atoms. The molecular formula is C13H25F3N4. The van der Waals surface area contributed by atoms with Crippen LogP contribution in [0.4, 0.5) is 13.2 Å². The van der Waals surface area contributed by atoms with E-state index in [1.54, 1.807) is 7.05 Å². The SMILES string of the molecule is CN=C(NCCC(F)(F)F)NCC(C)CN1CCCC1. The molecule has 0 aromatic heterocycles. The van der Waals surface area contributed by atoms with Crippen molar-refractivity contribution in [1.82, 2.24) is 15.5 Å². The van der Waals surface area contributed by atoms with Crippen molar-refractivity contribution in [2.75, 3.05) is 39.8 Å². The van der Waals surface area contributed by atoms with E-state index in [2.05, 4.69) is 27.4 Å². The minimum absolute atomic E-state index is 0.149. The third-order valence-corrected chi connectivity index (χ3v) is 3.31. The molecule has 1 heterocycles. The largest absolute Gasteiger partial charge is 0.390 e. The molecule has 0 radical (unpaired) electrons. The molecule has 0 bridgehead atoms. The lowest BCUT2D eigenvalue weighted by Gasteiger charge is -2.21. The summed E-state index contributed by atoms with van der Waals surface area (Å²) < 4.78 is 36.1. The summed E-state index contributed by atoms with van der Waals surface area (Å²) in [5.74, 6) is 0.872. The molecule has 4 nitrogen and oxygen atoms in total. The Hall–Kier alpha value is -0.980. The summed E-state index contributed by atoms with van der Waals surface area (Å²) in [5, 5.41) is 5.75. The molecule has 1 rings (SSSR count). The van der Waals surface area contributed by atoms with Crippen LogP contribution in [0.2, 0.25) is 0 Å². The average molecular weight is 294 g/mol. The number of aliphatic imine (C=N–C) groups is 1. The Kier molecular flexibility index (Phi) is 7.12. The smallest absolute Gasteiger partial charge is 0.356 e. The van der Waals surface area contributed by atoms with Crippen molar-refractivity contribution in [3.05, 3.63) is 0 Å². The number of halogens is 3. The van der Waals surface area contributed by atoms with Crippen molar-refractivity contribution >= 4 is 5.96 Å². The molecule has 2 N–H and O–H groups in total. The molecule has 1 atom stereocenters. The van der Waals surface area contributed by atoms with E-state index in [9.17, 15) is 13.2 Å². The molecule has 0 aliphatic carbocycles. The number of nitrogens with zero attached hydrogens (tertiary/aromatic N) is 2. The average Bonchev–Trinajstić information content (AvgIpc) is 2.84. The van der Waals surface area contributed by atoms with Gasteiger partial charge < -0.3 is 15.5 Å². The van der Waals surface area contributed by atoms with Gasteiger partial charge in [0.2, 0.25) is 0 Å². The van der Waals surface area contributed by atoms with E-state index in [0.717, 1.165) is 19.6 Å². The molecule has 118 valence electrons. The van der Waals surface area contributed by atoms with Gasteiger partial charge in [-0.15, -0.1) is 0 Å². The molecule has 1 aliphatic rings. The minimum atomic E-state index is -4.13. The lowest BCUT2D eigenvalue weighted by Crippen LogP contribution is -2.42. The standard InChI is InChI=1S/C13H25F3N4/c1-11(10-20-7-3-4-8-20)9-19-12(17-2)18-6-5-13(14,15)16/h11H,3-10H2,1-2H3,(H2,17,18,19). The summed E-state index contributed by atoms with van der Waals surface area (Å²) in [6, 6.07) is 0. The first-order valence-electron chi connectivity index (χ1n) is 7.14. The van der Waals surface area contributed by atoms with Crippen LogP contribution in [0.3, 0.4) is 0 Å². The third kappa shape index (κ3) is 7.57. The quantitative estimate of drug-likeness (QED) is 0.580. The van der Waals surface area contributed by atoms with E-state index >= 15 is 0 Å². The van der Waals surface area contributed by atoms with Gasteiger partial charge in [-0.25, -0.2) is 0 Å². The fourth-order valence-corrected chi connectivity index (χ4v) is 2.28. The van der Waals surface area contributed by atoms with Crippen LogP contribution >= 0.6 is 0 Å². The van der Waals surface area contributed by atoms with Gasteiger partial charge in [0.05, 0.1) is 6.42 Å². The van der Waals surface area contributed by atoms with E-state index in [1.807, 2.05) is 0 Å². The van der Waals surface area contributed by atoms with Crippen LogP contribution in [0.25, 0.3) is 0 Å². The maximum absolute atomic E-state index is 12.0. The second-order valence-corrected chi connectivity index (χ2v) is 5.36. The third-order valence-electron chi connectivity index (χ3n) is 3.31. The van der Waals surface area contributed by atoms with Crippen LogP contribution in [0, 0.1) is 5.92 Å². The Morgan fingerprint density at radius 1 is 1.25 bits per heavy atom. The molecule has 1 fully saturated rings. The summed E-state index contributed by atoms with van der Waals surface area (Å²) >= 11 is 0. The number of nitrogens with one attached hydrogen (secondary N) is 2. The van der Waals surface area contributed by atoms with E-state index < -0.39 is 12.6 Å². The van der Waals surface area contributed by atoms with Gasteiger partial charge >= 0.3 is 6.18 Å². The lowest BCUT2D eigenvalue weighted by atomic mass is 10.1. The zero-order valence-corrected chi connectivity index (χ0v) is 12.3. The van der Waals surface area contributed by atoms with E-state index in [-0.39, 0.29) is 6.54 Å². The topological polar surface area (TPSA) is 39.7 Å². The molecule has 0 aromatic rings. The highest BCUT2D eigenvalue weighted by Gasteiger charge is 2.26. The lowest BCUT2D eigenvalue weighted by molar-refractivity contribution is -0.132. The Bertz CT molecular complexity index is 298. The van der Waals surface area contributed by atoms with Crippen molar-refractivity contribution in [1.29, 1.82) is 0 Å². The second kappa shape index (κ2) is 8.34. The van der Waals surface area contributed by atoms with Gasteiger partial charge in [-0.2, -0.15) is 13.2 Å². The Labute approximate surface area is 118 Å². The zero-order valence-electron chi connectivity index (χ0n) is 12.3. The Morgan fingerprint density at radius 2 is 1.90 bits per heavy atom. The van der Waals surface area contributed by atoms with Gasteiger partial charge in [0.1, 0.15) is 0 Å². The molecule has 1 unspecified atom stereocenters. The Morgan fingerprint density at radius 3 is 2.45 bits per heavy atom. The molecule has 0 saturated carbocycles. The van der Waals surface area contributed by atoms with Crippen molar-refractivity contribution in [2.24, 2.45) is 10.9 Å². The van der Waals surface area contributed by atoms with Crippen LogP contribution in [-0.2, 0) is 0 Å². The van der Waals surface area contributed by atoms with Crippen LogP contribution in [0.5, 0.6) is 0 Å². The van der Waals surface area contributed by atoms with Gasteiger partial charge in [-0.05, 0) is 31.8 Å². The maximum Gasteiger partial charge on any atom is 0.390 e. The normalized spacial score (nSPS) is 19.1. The van der Waals surface area contributed by atoms with Gasteiger partial charge in [0.15, 0.2) is 5.96 Å². The van der Waals surface area contributed by atoms with Crippen LogP contribution in [-0.4, -0.2) is 56.8 Å². The predicted molar refractivity (Wildman–Crippen MR) is 74.9 cm³/mol. The summed E-state index contributed by atoms with van der Waals surface area (Å²) in [5.41, 5.74) is 0. The first kappa shape index (κ1) is 17.1. The number of hydrogen-bond acceptors (Lipinski definition) is 2. The van der Waals surface area contributed by atoms with Crippen molar-refractivity contribution < 1.29 is 13.2 Å². The van der Waals surface area contributed by atoms with Crippen LogP contribution in [0.1, 0.15) is 26.2 Å². The first-order valence-corrected chi connectivity index (χ1v) is 7.14. The minimum Gasteiger partial charge on any atom is -0.356 e. The predicted octanol–water partition coefficient (Wildman–Crippen LogP) is 1.84. The number of hydrogen-bond donors (Lipinski definition) is 2. The summed E-state index contributed by atoms with van der Waals surface area (Å²) in [6.07, 6.45) is -2.45. The van der Waals surface area contributed by atoms with Crippen LogP contribution < -0.4 is 10.6 Å². The van der Waals surface area contributed by atoms with E-state index in [0.29, 0.717) is 18.4 Å². The van der Waals surface area contributed by atoms with Gasteiger partial charge in [0, 0.05) is 26.7 Å². The summed E-state index contributed by atoms with van der Waals surface area (Å²) in [4.78, 5) is 6.35. The number of guanidine groups is 1. The molecule has 0 spiro atoms. The van der Waals surface area contributed by atoms with E-state index in [1.165, 1.54) is 12.8 Å². The molecule has 0 aromatic carbocycles. The monoisotopic (exact) mass is 294 g/mol. The van der Waals surface area contributed by atoms with Gasteiger partial charge in [0.25, 0.3) is 0 Å². The van der Waals surface area contributed by atoms with Crippen molar-refractivity contribution in [2.45, 2.75) is 32.4 Å². The van der Waals surface area contributed by atoms with Crippen molar-refractivity contribution in [3.63, 3.8) is 0 Å². The molecule has 1 aliphatic heterocycles. The van der Waals surface area contributed by atoms with Crippen LogP contribution in [0.15, 0.2) is 4.99 Å². The zero-order chi connectivity index (χ0) is 15.0. The van der Waals surface area contributed by atoms with Gasteiger partial charge in [-0.1, -0.05) is 6.92 Å². The Balaban J connectivity index is 2.16. The number of rotatable bonds is 6. The first-order chi connectivity index (χ1) is 9.40. The summed E-state index contributed by atoms with van der Waals surface area (Å²) in [6.45, 7) is 6.03. The van der Waals surface area contributed by atoms with Gasteiger partial charge in [-0.3, -0.25) is 4.99 Å². The fraction of sp³-hybridized carbons (Fsp3) is 0.923. The fourth-order valence-electron chi connectivity index (χ4n) is 2.28. The molecule has 1 saturated heterocycles. The highest BCUT2D eigenvalue weighted by Crippen LogP contribution is 2.18. The number of likely N-dealkylation sites (tertiary alicyclic amines) is 1. The highest BCUT2D eigenvalue weighted by atomic mass is 19.4. The molecular weight excluding hydrogens is 269 g/mol. The molecule has 0 amide bonds. The molecule has 7 heteroatoms. The number of alkyl halides is 3.